The van der Waals surface area contributed by atoms with Crippen molar-refractivity contribution < 1.29 is 9.59 Å². The number of carbonyl (C=O) groups excluding carboxylic acids is 2. The lowest BCUT2D eigenvalue weighted by molar-refractivity contribution is -0.131. The molecule has 1 fully saturated rings. The van der Waals surface area contributed by atoms with Crippen LogP contribution in [0.3, 0.4) is 0 Å². The average Bonchev–Trinajstić information content (AvgIpc) is 2.45. The molecular formula is C9H10N4O2. The zero-order valence-corrected chi connectivity index (χ0v) is 8.10. The minimum absolute atomic E-state index is 0.473. The summed E-state index contributed by atoms with van der Waals surface area (Å²) in [5, 5.41) is 3.11. The van der Waals surface area contributed by atoms with Crippen molar-refractivity contribution in [2.24, 2.45) is 5.84 Å². The van der Waals surface area contributed by atoms with Gasteiger partial charge in [-0.1, -0.05) is 0 Å². The molecule has 1 aliphatic heterocycles. The van der Waals surface area contributed by atoms with Crippen LogP contribution in [0.5, 0.6) is 0 Å². The van der Waals surface area contributed by atoms with Crippen LogP contribution < -0.4 is 11.2 Å². The molecule has 0 aromatic carbocycles. The molecule has 1 aliphatic rings. The van der Waals surface area contributed by atoms with Crippen LogP contribution in [-0.2, 0) is 10.3 Å². The van der Waals surface area contributed by atoms with Gasteiger partial charge in [0.05, 0.1) is 0 Å². The summed E-state index contributed by atoms with van der Waals surface area (Å²) in [6.45, 7) is 1.61. The van der Waals surface area contributed by atoms with Crippen LogP contribution in [0.1, 0.15) is 12.5 Å². The van der Waals surface area contributed by atoms with Gasteiger partial charge in [0.25, 0.3) is 5.91 Å². The molecule has 1 atom stereocenters. The van der Waals surface area contributed by atoms with Crippen LogP contribution in [-0.4, -0.2) is 21.9 Å². The number of urea groups is 1. The maximum atomic E-state index is 11.7. The van der Waals surface area contributed by atoms with Crippen molar-refractivity contribution >= 4 is 11.9 Å². The van der Waals surface area contributed by atoms with E-state index in [-0.39, 0.29) is 0 Å². The van der Waals surface area contributed by atoms with Gasteiger partial charge in [-0.25, -0.2) is 10.6 Å². The van der Waals surface area contributed by atoms with E-state index in [4.69, 9.17) is 5.84 Å². The Kier molecular flexibility index (Phi) is 1.94. The summed E-state index contributed by atoms with van der Waals surface area (Å²) >= 11 is 0. The molecule has 1 aromatic heterocycles. The molecular weight excluding hydrogens is 196 g/mol. The highest BCUT2D eigenvalue weighted by Crippen LogP contribution is 2.26. The summed E-state index contributed by atoms with van der Waals surface area (Å²) < 4.78 is 0. The van der Waals surface area contributed by atoms with E-state index in [1.54, 1.807) is 31.5 Å². The summed E-state index contributed by atoms with van der Waals surface area (Å²) in [6, 6.07) is 2.73. The van der Waals surface area contributed by atoms with Crippen molar-refractivity contribution in [2.45, 2.75) is 12.5 Å². The van der Waals surface area contributed by atoms with Gasteiger partial charge in [0.1, 0.15) is 5.54 Å². The fourth-order valence-electron chi connectivity index (χ4n) is 1.54. The Morgan fingerprint density at radius 2 is 2.00 bits per heavy atom. The normalized spacial score (nSPS) is 25.6. The van der Waals surface area contributed by atoms with Crippen molar-refractivity contribution in [3.63, 3.8) is 0 Å². The fourth-order valence-corrected chi connectivity index (χ4v) is 1.54. The van der Waals surface area contributed by atoms with Crippen molar-refractivity contribution in [3.05, 3.63) is 30.1 Å². The SMILES string of the molecule is C[C@]1(c2ccncc2)NC(=O)N(N)C1=O. The maximum absolute atomic E-state index is 11.7. The summed E-state index contributed by atoms with van der Waals surface area (Å²) in [5.74, 6) is 4.82. The summed E-state index contributed by atoms with van der Waals surface area (Å²) in [7, 11) is 0. The van der Waals surface area contributed by atoms with Gasteiger partial charge in [0.2, 0.25) is 0 Å². The number of hydrogen-bond donors (Lipinski definition) is 2. The van der Waals surface area contributed by atoms with Gasteiger partial charge in [0, 0.05) is 12.4 Å². The number of nitrogens with zero attached hydrogens (tertiary/aromatic N) is 2. The van der Waals surface area contributed by atoms with Crippen molar-refractivity contribution in [2.75, 3.05) is 0 Å². The first-order valence-electron chi connectivity index (χ1n) is 4.37. The predicted octanol–water partition coefficient (Wildman–Crippen LogP) is -0.278. The molecule has 6 heteroatoms. The first-order chi connectivity index (χ1) is 7.05. The number of amides is 3. The quantitative estimate of drug-likeness (QED) is 0.376. The summed E-state index contributed by atoms with van der Waals surface area (Å²) in [6.07, 6.45) is 3.11. The number of nitrogens with one attached hydrogen (secondary N) is 1. The zero-order chi connectivity index (χ0) is 11.1. The first-order valence-corrected chi connectivity index (χ1v) is 4.37. The Morgan fingerprint density at radius 3 is 2.47 bits per heavy atom. The van der Waals surface area contributed by atoms with Crippen LogP contribution in [0.2, 0.25) is 0 Å². The molecule has 3 amide bonds. The summed E-state index contributed by atoms with van der Waals surface area (Å²) in [4.78, 5) is 26.8. The molecule has 15 heavy (non-hydrogen) atoms. The van der Waals surface area contributed by atoms with Crippen molar-refractivity contribution in [3.8, 4) is 0 Å². The lowest BCUT2D eigenvalue weighted by atomic mass is 9.93. The molecule has 0 bridgehead atoms. The number of rotatable bonds is 1. The van der Waals surface area contributed by atoms with E-state index in [1.807, 2.05) is 0 Å². The Morgan fingerprint density at radius 1 is 1.40 bits per heavy atom. The van der Waals surface area contributed by atoms with Crippen LogP contribution >= 0.6 is 0 Å². The third kappa shape index (κ3) is 1.26. The number of aromatic nitrogens is 1. The van der Waals surface area contributed by atoms with E-state index in [2.05, 4.69) is 10.3 Å². The minimum atomic E-state index is -1.09. The number of hydrogen-bond acceptors (Lipinski definition) is 4. The highest BCUT2D eigenvalue weighted by Gasteiger charge is 2.47. The van der Waals surface area contributed by atoms with Gasteiger partial charge in [-0.05, 0) is 24.6 Å². The van der Waals surface area contributed by atoms with Gasteiger partial charge < -0.3 is 5.32 Å². The lowest BCUT2D eigenvalue weighted by Crippen LogP contribution is -2.42. The molecule has 2 heterocycles. The zero-order valence-electron chi connectivity index (χ0n) is 8.10. The number of imide groups is 1. The second kappa shape index (κ2) is 3.03. The molecule has 0 aliphatic carbocycles. The molecule has 0 saturated carbocycles. The Balaban J connectivity index is 2.45. The molecule has 0 unspecified atom stereocenters. The third-order valence-electron chi connectivity index (χ3n) is 2.48. The number of nitrogens with two attached hydrogens (primary N) is 1. The van der Waals surface area contributed by atoms with Crippen LogP contribution in [0.4, 0.5) is 4.79 Å². The topological polar surface area (TPSA) is 88.3 Å². The van der Waals surface area contributed by atoms with E-state index in [1.165, 1.54) is 0 Å². The van der Waals surface area contributed by atoms with E-state index < -0.39 is 17.5 Å². The van der Waals surface area contributed by atoms with Crippen molar-refractivity contribution in [1.29, 1.82) is 0 Å². The van der Waals surface area contributed by atoms with Crippen LogP contribution in [0.25, 0.3) is 0 Å². The van der Waals surface area contributed by atoms with Gasteiger partial charge in [0.15, 0.2) is 0 Å². The molecule has 1 aromatic rings. The molecule has 6 nitrogen and oxygen atoms in total. The standard InChI is InChI=1S/C9H10N4O2/c1-9(6-2-4-11-5-3-6)7(14)13(10)8(15)12-9/h2-5H,10H2,1H3,(H,12,15)/t9-/m1/s1. The second-order valence-electron chi connectivity index (χ2n) is 3.47. The minimum Gasteiger partial charge on any atom is -0.318 e. The molecule has 0 radical (unpaired) electrons. The van der Waals surface area contributed by atoms with Gasteiger partial charge in [-0.15, -0.1) is 0 Å². The summed E-state index contributed by atoms with van der Waals surface area (Å²) in [5.41, 5.74) is -0.432. The van der Waals surface area contributed by atoms with Crippen LogP contribution in [0, 0.1) is 0 Å². The Bertz CT molecular complexity index is 419. The van der Waals surface area contributed by atoms with E-state index >= 15 is 0 Å². The second-order valence-corrected chi connectivity index (χ2v) is 3.47. The molecule has 1 saturated heterocycles. The Hall–Kier alpha value is -1.95. The highest BCUT2D eigenvalue weighted by atomic mass is 16.2. The van der Waals surface area contributed by atoms with E-state index in [9.17, 15) is 9.59 Å². The van der Waals surface area contributed by atoms with Gasteiger partial charge in [-0.2, -0.15) is 5.01 Å². The number of carbonyl (C=O) groups is 2. The smallest absolute Gasteiger partial charge is 0.318 e. The van der Waals surface area contributed by atoms with E-state index in [0.29, 0.717) is 10.6 Å². The van der Waals surface area contributed by atoms with Crippen LogP contribution in [0.15, 0.2) is 24.5 Å². The largest absolute Gasteiger partial charge is 0.339 e. The fraction of sp³-hybridized carbons (Fsp3) is 0.222. The number of pyridine rings is 1. The average molecular weight is 206 g/mol. The lowest BCUT2D eigenvalue weighted by Gasteiger charge is -2.20. The van der Waals surface area contributed by atoms with Gasteiger partial charge >= 0.3 is 6.03 Å². The predicted molar refractivity (Wildman–Crippen MR) is 51.2 cm³/mol. The number of hydrazine groups is 1. The monoisotopic (exact) mass is 206 g/mol. The first kappa shape index (κ1) is 9.60. The maximum Gasteiger partial charge on any atom is 0.339 e. The highest BCUT2D eigenvalue weighted by molar-refractivity contribution is 6.06. The molecule has 3 N–H and O–H groups in total. The molecule has 2 rings (SSSR count). The van der Waals surface area contributed by atoms with Gasteiger partial charge in [-0.3, -0.25) is 9.78 Å². The molecule has 0 spiro atoms. The third-order valence-corrected chi connectivity index (χ3v) is 2.48. The molecule has 78 valence electrons. The van der Waals surface area contributed by atoms with Crippen molar-refractivity contribution in [1.82, 2.24) is 15.3 Å². The van der Waals surface area contributed by atoms with E-state index in [0.717, 1.165) is 0 Å². The Labute approximate surface area is 86.0 Å².